The lowest BCUT2D eigenvalue weighted by molar-refractivity contribution is 0.0778. The van der Waals surface area contributed by atoms with Crippen LogP contribution in [0.1, 0.15) is 21.7 Å². The van der Waals surface area contributed by atoms with Crippen LogP contribution in [0.4, 0.5) is 5.82 Å². The Morgan fingerprint density at radius 3 is 2.50 bits per heavy atom. The molecule has 4 heterocycles. The van der Waals surface area contributed by atoms with Crippen molar-refractivity contribution in [1.29, 1.82) is 0 Å². The number of aromatic nitrogens is 4. The van der Waals surface area contributed by atoms with Crippen LogP contribution in [-0.2, 0) is 7.05 Å². The number of hydrogen-bond donors (Lipinski definition) is 0. The molecule has 1 aromatic carbocycles. The molecular weight excluding hydrogens is 352 g/mol. The number of rotatable bonds is 2. The standard InChI is InChI=1S/C21H24N6O/c1-13-14(2)22-12-23-20(13)26-8-15-10-27(11-16(15)9-26)21(28)19-17-6-4-5-7-18(17)25(3)24-19/h4-7,12,15-16H,8-11H2,1-3H3. The Balaban J connectivity index is 1.34. The van der Waals surface area contributed by atoms with E-state index in [-0.39, 0.29) is 5.91 Å². The number of hydrogen-bond acceptors (Lipinski definition) is 5. The van der Waals surface area contributed by atoms with Gasteiger partial charge in [-0.05, 0) is 19.9 Å². The number of aryl methyl sites for hydroxylation is 2. The van der Waals surface area contributed by atoms with E-state index in [4.69, 9.17) is 0 Å². The van der Waals surface area contributed by atoms with Crippen LogP contribution in [0, 0.1) is 25.7 Å². The zero-order valence-corrected chi connectivity index (χ0v) is 16.5. The van der Waals surface area contributed by atoms with Gasteiger partial charge in [0.2, 0.25) is 0 Å². The van der Waals surface area contributed by atoms with Crippen LogP contribution in [0.3, 0.4) is 0 Å². The van der Waals surface area contributed by atoms with Crippen molar-refractivity contribution in [2.75, 3.05) is 31.1 Å². The molecule has 0 aliphatic carbocycles. The van der Waals surface area contributed by atoms with Crippen LogP contribution in [0.25, 0.3) is 10.9 Å². The third kappa shape index (κ3) is 2.57. The molecule has 2 saturated heterocycles. The minimum atomic E-state index is 0.0480. The second-order valence-electron chi connectivity index (χ2n) is 8.03. The molecule has 2 aliphatic rings. The fourth-order valence-corrected chi connectivity index (χ4v) is 4.70. The second kappa shape index (κ2) is 6.29. The molecule has 2 unspecified atom stereocenters. The van der Waals surface area contributed by atoms with Crippen molar-refractivity contribution in [3.63, 3.8) is 0 Å². The van der Waals surface area contributed by atoms with Crippen molar-refractivity contribution >= 4 is 22.6 Å². The normalized spacial score (nSPS) is 21.5. The molecule has 1 amide bonds. The van der Waals surface area contributed by atoms with Gasteiger partial charge in [-0.25, -0.2) is 9.97 Å². The molecule has 7 heteroatoms. The first-order valence-electron chi connectivity index (χ1n) is 9.77. The minimum Gasteiger partial charge on any atom is -0.356 e. The predicted molar refractivity (Wildman–Crippen MR) is 107 cm³/mol. The summed E-state index contributed by atoms with van der Waals surface area (Å²) >= 11 is 0. The van der Waals surface area contributed by atoms with Crippen LogP contribution < -0.4 is 4.90 Å². The highest BCUT2D eigenvalue weighted by atomic mass is 16.2. The number of carbonyl (C=O) groups excluding carboxylic acids is 1. The zero-order chi connectivity index (χ0) is 19.4. The molecule has 7 nitrogen and oxygen atoms in total. The van der Waals surface area contributed by atoms with Crippen molar-refractivity contribution in [3.8, 4) is 0 Å². The van der Waals surface area contributed by atoms with Gasteiger partial charge in [-0.1, -0.05) is 18.2 Å². The van der Waals surface area contributed by atoms with Crippen molar-refractivity contribution in [1.82, 2.24) is 24.6 Å². The summed E-state index contributed by atoms with van der Waals surface area (Å²) in [6.07, 6.45) is 1.65. The van der Waals surface area contributed by atoms with E-state index in [9.17, 15) is 4.79 Å². The SMILES string of the molecule is Cc1ncnc(N2CC3CN(C(=O)c4nn(C)c5ccccc45)CC3C2)c1C. The lowest BCUT2D eigenvalue weighted by atomic mass is 10.0. The van der Waals surface area contributed by atoms with Crippen LogP contribution >= 0.6 is 0 Å². The van der Waals surface area contributed by atoms with E-state index in [1.54, 1.807) is 11.0 Å². The van der Waals surface area contributed by atoms with Crippen LogP contribution in [-0.4, -0.2) is 56.7 Å². The highest BCUT2D eigenvalue weighted by Gasteiger charge is 2.43. The largest absolute Gasteiger partial charge is 0.356 e. The molecule has 0 saturated carbocycles. The number of anilines is 1. The first-order valence-corrected chi connectivity index (χ1v) is 9.77. The van der Waals surface area contributed by atoms with E-state index < -0.39 is 0 Å². The van der Waals surface area contributed by atoms with Gasteiger partial charge in [0.1, 0.15) is 12.1 Å². The summed E-state index contributed by atoms with van der Waals surface area (Å²) in [6.45, 7) is 7.56. The Kier molecular flexibility index (Phi) is 3.86. The quantitative estimate of drug-likeness (QED) is 0.686. The van der Waals surface area contributed by atoms with E-state index in [0.29, 0.717) is 17.5 Å². The van der Waals surface area contributed by atoms with Gasteiger partial charge in [0.25, 0.3) is 5.91 Å². The molecule has 3 aromatic rings. The Labute approximate surface area is 164 Å². The van der Waals surface area contributed by atoms with Gasteiger partial charge in [-0.3, -0.25) is 9.48 Å². The van der Waals surface area contributed by atoms with Gasteiger partial charge in [-0.2, -0.15) is 5.10 Å². The number of nitrogens with zero attached hydrogens (tertiary/aromatic N) is 6. The number of benzene rings is 1. The van der Waals surface area contributed by atoms with Gasteiger partial charge in [0.05, 0.1) is 5.52 Å². The molecule has 2 atom stereocenters. The summed E-state index contributed by atoms with van der Waals surface area (Å²) < 4.78 is 1.79. The fourth-order valence-electron chi connectivity index (χ4n) is 4.70. The highest BCUT2D eigenvalue weighted by molar-refractivity contribution is 6.05. The van der Waals surface area contributed by atoms with E-state index >= 15 is 0 Å². The smallest absolute Gasteiger partial charge is 0.275 e. The molecular formula is C21H24N6O. The summed E-state index contributed by atoms with van der Waals surface area (Å²) in [5.74, 6) is 2.05. The molecule has 2 fully saturated rings. The number of fused-ring (bicyclic) bond motifs is 2. The second-order valence-corrected chi connectivity index (χ2v) is 8.03. The number of likely N-dealkylation sites (tertiary alicyclic amines) is 1. The number of amides is 1. The van der Waals surface area contributed by atoms with E-state index in [1.807, 2.05) is 43.1 Å². The average Bonchev–Trinajstić information content (AvgIpc) is 3.35. The maximum absolute atomic E-state index is 13.2. The van der Waals surface area contributed by atoms with E-state index in [1.165, 1.54) is 0 Å². The van der Waals surface area contributed by atoms with Crippen LogP contribution in [0.15, 0.2) is 30.6 Å². The summed E-state index contributed by atoms with van der Waals surface area (Å²) in [4.78, 5) is 26.3. The van der Waals surface area contributed by atoms with E-state index in [2.05, 4.69) is 26.9 Å². The van der Waals surface area contributed by atoms with Gasteiger partial charge in [0, 0.05) is 61.7 Å². The summed E-state index contributed by atoms with van der Waals surface area (Å²) in [5, 5.41) is 5.44. The number of para-hydroxylation sites is 1. The summed E-state index contributed by atoms with van der Waals surface area (Å²) in [6, 6.07) is 7.92. The highest BCUT2D eigenvalue weighted by Crippen LogP contribution is 2.35. The van der Waals surface area contributed by atoms with Crippen molar-refractivity contribution in [2.45, 2.75) is 13.8 Å². The molecule has 5 rings (SSSR count). The Morgan fingerprint density at radius 2 is 1.75 bits per heavy atom. The van der Waals surface area contributed by atoms with Crippen LogP contribution in [0.2, 0.25) is 0 Å². The fraction of sp³-hybridized carbons (Fsp3) is 0.429. The average molecular weight is 376 g/mol. The Morgan fingerprint density at radius 1 is 1.04 bits per heavy atom. The predicted octanol–water partition coefficient (Wildman–Crippen LogP) is 2.19. The van der Waals surface area contributed by atoms with Gasteiger partial charge in [-0.15, -0.1) is 0 Å². The van der Waals surface area contributed by atoms with Crippen LogP contribution in [0.5, 0.6) is 0 Å². The zero-order valence-electron chi connectivity index (χ0n) is 16.5. The maximum Gasteiger partial charge on any atom is 0.275 e. The topological polar surface area (TPSA) is 67.2 Å². The summed E-state index contributed by atoms with van der Waals surface area (Å²) in [7, 11) is 1.89. The molecule has 0 radical (unpaired) electrons. The molecule has 28 heavy (non-hydrogen) atoms. The molecule has 2 aliphatic heterocycles. The van der Waals surface area contributed by atoms with Gasteiger partial charge >= 0.3 is 0 Å². The first-order chi connectivity index (χ1) is 13.5. The number of carbonyl (C=O) groups is 1. The third-order valence-corrected chi connectivity index (χ3v) is 6.34. The Hall–Kier alpha value is -2.96. The monoisotopic (exact) mass is 376 g/mol. The van der Waals surface area contributed by atoms with Crippen molar-refractivity contribution < 1.29 is 4.79 Å². The van der Waals surface area contributed by atoms with Crippen molar-refractivity contribution in [2.24, 2.45) is 18.9 Å². The molecule has 144 valence electrons. The lowest BCUT2D eigenvalue weighted by Gasteiger charge is -2.23. The maximum atomic E-state index is 13.2. The Bertz CT molecular complexity index is 1060. The lowest BCUT2D eigenvalue weighted by Crippen LogP contribution is -2.34. The van der Waals surface area contributed by atoms with E-state index in [0.717, 1.165) is 54.2 Å². The van der Waals surface area contributed by atoms with Gasteiger partial charge in [0.15, 0.2) is 5.69 Å². The molecule has 0 bridgehead atoms. The third-order valence-electron chi connectivity index (χ3n) is 6.34. The molecule has 2 aromatic heterocycles. The molecule has 0 spiro atoms. The molecule has 0 N–H and O–H groups in total. The van der Waals surface area contributed by atoms with Crippen molar-refractivity contribution in [3.05, 3.63) is 47.5 Å². The minimum absolute atomic E-state index is 0.0480. The summed E-state index contributed by atoms with van der Waals surface area (Å²) in [5.41, 5.74) is 3.74. The first kappa shape index (κ1) is 17.2. The van der Waals surface area contributed by atoms with Gasteiger partial charge < -0.3 is 9.80 Å².